The zero-order chi connectivity index (χ0) is 8.97. The van der Waals surface area contributed by atoms with Crippen LogP contribution in [-0.2, 0) is 0 Å². The van der Waals surface area contributed by atoms with Crippen LogP contribution in [0.5, 0.6) is 0 Å². The fourth-order valence-corrected chi connectivity index (χ4v) is 1.54. The van der Waals surface area contributed by atoms with Crippen LogP contribution in [0.3, 0.4) is 0 Å². The van der Waals surface area contributed by atoms with Crippen molar-refractivity contribution in [3.63, 3.8) is 0 Å². The number of nitrogens with zero attached hydrogens (tertiary/aromatic N) is 3. The molecule has 0 N–H and O–H groups in total. The van der Waals surface area contributed by atoms with Crippen LogP contribution in [0, 0.1) is 11.3 Å². The van der Waals surface area contributed by atoms with Gasteiger partial charge in [0.05, 0.1) is 6.07 Å². The molecule has 0 saturated carbocycles. The average molecular weight is 167 g/mol. The maximum absolute atomic E-state index is 8.43. The molecule has 68 valence electrons. The monoisotopic (exact) mass is 167 g/mol. The van der Waals surface area contributed by atoms with E-state index in [1.807, 2.05) is 0 Å². The summed E-state index contributed by atoms with van der Waals surface area (Å²) in [4.78, 5) is 4.73. The third-order valence-electron chi connectivity index (χ3n) is 2.58. The summed E-state index contributed by atoms with van der Waals surface area (Å²) in [6, 6.07) is 2.82. The molecule has 0 aromatic carbocycles. The lowest BCUT2D eigenvalue weighted by atomic mass is 10.2. The Morgan fingerprint density at radius 1 is 1.50 bits per heavy atom. The van der Waals surface area contributed by atoms with E-state index >= 15 is 0 Å². The number of hydrogen-bond acceptors (Lipinski definition) is 3. The van der Waals surface area contributed by atoms with Crippen molar-refractivity contribution in [2.24, 2.45) is 0 Å². The normalized spacial score (nSPS) is 26.9. The largest absolute Gasteiger partial charge is 0.301 e. The van der Waals surface area contributed by atoms with E-state index in [0.29, 0.717) is 12.5 Å². The molecule has 0 amide bonds. The summed E-state index contributed by atoms with van der Waals surface area (Å²) < 4.78 is 0. The van der Waals surface area contributed by atoms with Crippen molar-refractivity contribution in [1.82, 2.24) is 9.80 Å². The molecule has 1 unspecified atom stereocenters. The van der Waals surface area contributed by atoms with E-state index in [2.05, 4.69) is 29.8 Å². The summed E-state index contributed by atoms with van der Waals surface area (Å²) in [5.41, 5.74) is 0. The van der Waals surface area contributed by atoms with Gasteiger partial charge in [0, 0.05) is 38.6 Å². The summed E-state index contributed by atoms with van der Waals surface area (Å²) >= 11 is 0. The maximum atomic E-state index is 8.43. The van der Waals surface area contributed by atoms with Gasteiger partial charge in [0.1, 0.15) is 0 Å². The molecule has 1 heterocycles. The number of nitriles is 1. The summed E-state index contributed by atoms with van der Waals surface area (Å²) in [5.74, 6) is 0. The van der Waals surface area contributed by atoms with E-state index in [1.54, 1.807) is 0 Å². The first-order valence-corrected chi connectivity index (χ1v) is 4.53. The molecule has 0 aliphatic carbocycles. The van der Waals surface area contributed by atoms with Crippen LogP contribution in [0.4, 0.5) is 0 Å². The topological polar surface area (TPSA) is 30.3 Å². The third-order valence-corrected chi connectivity index (χ3v) is 2.58. The standard InChI is InChI=1S/C9H17N3/c1-9-8-12(5-3-4-10)7-6-11(9)2/h9H,3,5-8H2,1-2H3. The van der Waals surface area contributed by atoms with Crippen LogP contribution in [0.15, 0.2) is 0 Å². The second-order valence-electron chi connectivity index (χ2n) is 3.54. The van der Waals surface area contributed by atoms with E-state index in [9.17, 15) is 0 Å². The molecule has 0 radical (unpaired) electrons. The van der Waals surface area contributed by atoms with Gasteiger partial charge in [-0.3, -0.25) is 4.90 Å². The molecule has 12 heavy (non-hydrogen) atoms. The fraction of sp³-hybridized carbons (Fsp3) is 0.889. The highest BCUT2D eigenvalue weighted by Crippen LogP contribution is 2.06. The van der Waals surface area contributed by atoms with Crippen molar-refractivity contribution in [3.8, 4) is 6.07 Å². The lowest BCUT2D eigenvalue weighted by Crippen LogP contribution is -2.50. The quantitative estimate of drug-likeness (QED) is 0.601. The first-order chi connectivity index (χ1) is 5.74. The summed E-state index contributed by atoms with van der Waals surface area (Å²) in [6.45, 7) is 6.53. The molecule has 1 fully saturated rings. The van der Waals surface area contributed by atoms with Gasteiger partial charge in [-0.25, -0.2) is 0 Å². The highest BCUT2D eigenvalue weighted by molar-refractivity contribution is 4.79. The molecule has 1 aliphatic rings. The zero-order valence-electron chi connectivity index (χ0n) is 7.95. The Balaban J connectivity index is 2.26. The van der Waals surface area contributed by atoms with Crippen molar-refractivity contribution >= 4 is 0 Å². The maximum Gasteiger partial charge on any atom is 0.0635 e. The Bertz CT molecular complexity index is 173. The van der Waals surface area contributed by atoms with Gasteiger partial charge in [-0.05, 0) is 14.0 Å². The SMILES string of the molecule is CC1CN(CCC#N)CCN1C. The first-order valence-electron chi connectivity index (χ1n) is 4.53. The van der Waals surface area contributed by atoms with E-state index < -0.39 is 0 Å². The van der Waals surface area contributed by atoms with Gasteiger partial charge in [-0.2, -0.15) is 5.26 Å². The van der Waals surface area contributed by atoms with E-state index in [4.69, 9.17) is 5.26 Å². The molecule has 1 aliphatic heterocycles. The lowest BCUT2D eigenvalue weighted by Gasteiger charge is -2.37. The number of piperazine rings is 1. The van der Waals surface area contributed by atoms with E-state index in [1.165, 1.54) is 0 Å². The highest BCUT2D eigenvalue weighted by atomic mass is 15.3. The van der Waals surface area contributed by atoms with Crippen molar-refractivity contribution < 1.29 is 0 Å². The molecule has 1 atom stereocenters. The summed E-state index contributed by atoms with van der Waals surface area (Å²) in [6.07, 6.45) is 0.663. The van der Waals surface area contributed by atoms with Crippen LogP contribution < -0.4 is 0 Å². The second-order valence-corrected chi connectivity index (χ2v) is 3.54. The molecule has 3 nitrogen and oxygen atoms in total. The third kappa shape index (κ3) is 2.47. The minimum absolute atomic E-state index is 0.637. The predicted molar refractivity (Wildman–Crippen MR) is 48.8 cm³/mol. The molecule has 1 saturated heterocycles. The number of likely N-dealkylation sites (N-methyl/N-ethyl adjacent to an activating group) is 1. The fourth-order valence-electron chi connectivity index (χ4n) is 1.54. The average Bonchev–Trinajstić information content (AvgIpc) is 2.07. The van der Waals surface area contributed by atoms with E-state index in [-0.39, 0.29) is 0 Å². The molecular weight excluding hydrogens is 150 g/mol. The van der Waals surface area contributed by atoms with Crippen molar-refractivity contribution in [3.05, 3.63) is 0 Å². The molecule has 3 heteroatoms. The van der Waals surface area contributed by atoms with Gasteiger partial charge in [0.25, 0.3) is 0 Å². The van der Waals surface area contributed by atoms with Gasteiger partial charge in [0.2, 0.25) is 0 Å². The van der Waals surface area contributed by atoms with Gasteiger partial charge in [-0.15, -0.1) is 0 Å². The summed E-state index contributed by atoms with van der Waals surface area (Å²) in [7, 11) is 2.16. The van der Waals surface area contributed by atoms with Crippen LogP contribution in [-0.4, -0.2) is 49.1 Å². The molecule has 1 rings (SSSR count). The highest BCUT2D eigenvalue weighted by Gasteiger charge is 2.19. The lowest BCUT2D eigenvalue weighted by molar-refractivity contribution is 0.107. The van der Waals surface area contributed by atoms with Crippen molar-refractivity contribution in [2.45, 2.75) is 19.4 Å². The molecular formula is C9H17N3. The van der Waals surface area contributed by atoms with Crippen molar-refractivity contribution in [2.75, 3.05) is 33.2 Å². The van der Waals surface area contributed by atoms with E-state index in [0.717, 1.165) is 26.2 Å². The number of hydrogen-bond donors (Lipinski definition) is 0. The minimum atomic E-state index is 0.637. The molecule has 0 aromatic heterocycles. The Kier molecular flexibility index (Phi) is 3.51. The Morgan fingerprint density at radius 2 is 2.25 bits per heavy atom. The van der Waals surface area contributed by atoms with Crippen molar-refractivity contribution in [1.29, 1.82) is 5.26 Å². The van der Waals surface area contributed by atoms with Gasteiger partial charge < -0.3 is 4.90 Å². The van der Waals surface area contributed by atoms with Crippen LogP contribution in [0.1, 0.15) is 13.3 Å². The van der Waals surface area contributed by atoms with Gasteiger partial charge >= 0.3 is 0 Å². The second kappa shape index (κ2) is 4.44. The van der Waals surface area contributed by atoms with Crippen LogP contribution >= 0.6 is 0 Å². The van der Waals surface area contributed by atoms with Gasteiger partial charge in [0.15, 0.2) is 0 Å². The van der Waals surface area contributed by atoms with Gasteiger partial charge in [-0.1, -0.05) is 0 Å². The molecule has 0 aromatic rings. The number of rotatable bonds is 2. The van der Waals surface area contributed by atoms with Crippen LogP contribution in [0.25, 0.3) is 0 Å². The van der Waals surface area contributed by atoms with Crippen LogP contribution in [0.2, 0.25) is 0 Å². The Hall–Kier alpha value is -0.590. The Labute approximate surface area is 74.6 Å². The predicted octanol–water partition coefficient (Wildman–Crippen LogP) is 0.536. The first kappa shape index (κ1) is 9.50. The molecule has 0 bridgehead atoms. The summed E-state index contributed by atoms with van der Waals surface area (Å²) in [5, 5.41) is 8.43. The zero-order valence-corrected chi connectivity index (χ0v) is 7.95. The Morgan fingerprint density at radius 3 is 2.83 bits per heavy atom. The minimum Gasteiger partial charge on any atom is -0.301 e. The molecule has 0 spiro atoms. The smallest absolute Gasteiger partial charge is 0.0635 e.